The zero-order valence-corrected chi connectivity index (χ0v) is 13.2. The van der Waals surface area contributed by atoms with Crippen molar-refractivity contribution >= 4 is 11.9 Å². The lowest BCUT2D eigenvalue weighted by atomic mass is 9.86. The van der Waals surface area contributed by atoms with Gasteiger partial charge in [0.15, 0.2) is 5.78 Å². The summed E-state index contributed by atoms with van der Waals surface area (Å²) in [6, 6.07) is 16.0. The molecule has 108 valence electrons. The maximum Gasteiger partial charge on any atom is 0.185 e. The lowest BCUT2D eigenvalue weighted by Gasteiger charge is -2.18. The summed E-state index contributed by atoms with van der Waals surface area (Å²) in [6.07, 6.45) is 3.50. The van der Waals surface area contributed by atoms with Crippen LogP contribution in [0.25, 0.3) is 6.08 Å². The molecule has 0 fully saturated rings. The van der Waals surface area contributed by atoms with Crippen molar-refractivity contribution in [1.82, 2.24) is 0 Å². The van der Waals surface area contributed by atoms with E-state index < -0.39 is 0 Å². The molecule has 0 saturated carbocycles. The van der Waals surface area contributed by atoms with Crippen molar-refractivity contribution in [2.75, 3.05) is 0 Å². The van der Waals surface area contributed by atoms with E-state index in [1.165, 1.54) is 11.1 Å². The van der Waals surface area contributed by atoms with Gasteiger partial charge in [-0.25, -0.2) is 0 Å². The van der Waals surface area contributed by atoms with Crippen LogP contribution in [0.1, 0.15) is 47.8 Å². The molecule has 2 aromatic rings. The van der Waals surface area contributed by atoms with Crippen LogP contribution in [0.3, 0.4) is 0 Å². The van der Waals surface area contributed by atoms with E-state index in [1.807, 2.05) is 54.6 Å². The van der Waals surface area contributed by atoms with Gasteiger partial charge < -0.3 is 0 Å². The summed E-state index contributed by atoms with van der Waals surface area (Å²) in [5.74, 6) is 0.0380. The maximum absolute atomic E-state index is 12.2. The van der Waals surface area contributed by atoms with Crippen LogP contribution in [0.4, 0.5) is 0 Å². The first kappa shape index (κ1) is 15.2. The smallest absolute Gasteiger partial charge is 0.185 e. The fourth-order valence-electron chi connectivity index (χ4n) is 2.08. The monoisotopic (exact) mass is 278 g/mol. The Labute approximate surface area is 127 Å². The Bertz CT molecular complexity index is 638. The standard InChI is InChI=1S/C20H22O/c1-15-5-7-16(8-6-15)9-14-19(21)17-10-12-18(13-11-17)20(2,3)4/h5-14H,1-4H3/b14-9+. The van der Waals surface area contributed by atoms with E-state index in [0.717, 1.165) is 11.1 Å². The Morgan fingerprint density at radius 1 is 0.905 bits per heavy atom. The summed E-state index contributed by atoms with van der Waals surface area (Å²) in [5, 5.41) is 0. The van der Waals surface area contributed by atoms with Crippen molar-refractivity contribution in [3.8, 4) is 0 Å². The van der Waals surface area contributed by atoms with E-state index in [2.05, 4.69) is 27.7 Å². The molecule has 0 bridgehead atoms. The highest BCUT2D eigenvalue weighted by Crippen LogP contribution is 2.22. The van der Waals surface area contributed by atoms with Gasteiger partial charge in [0, 0.05) is 5.56 Å². The van der Waals surface area contributed by atoms with Gasteiger partial charge in [0.05, 0.1) is 0 Å². The van der Waals surface area contributed by atoms with Crippen LogP contribution >= 0.6 is 0 Å². The summed E-state index contributed by atoms with van der Waals surface area (Å²) in [4.78, 5) is 12.2. The number of hydrogen-bond donors (Lipinski definition) is 0. The first-order valence-corrected chi connectivity index (χ1v) is 7.26. The number of carbonyl (C=O) groups is 1. The molecule has 0 atom stereocenters. The highest BCUT2D eigenvalue weighted by atomic mass is 16.1. The van der Waals surface area contributed by atoms with E-state index in [-0.39, 0.29) is 11.2 Å². The number of carbonyl (C=O) groups excluding carboxylic acids is 1. The predicted molar refractivity (Wildman–Crippen MR) is 89.7 cm³/mol. The Hall–Kier alpha value is -2.15. The first-order chi connectivity index (χ1) is 9.86. The second-order valence-corrected chi connectivity index (χ2v) is 6.44. The molecule has 21 heavy (non-hydrogen) atoms. The minimum absolute atomic E-state index is 0.0380. The molecule has 0 aliphatic rings. The van der Waals surface area contributed by atoms with Gasteiger partial charge in [0.25, 0.3) is 0 Å². The Morgan fingerprint density at radius 3 is 2.00 bits per heavy atom. The topological polar surface area (TPSA) is 17.1 Å². The Morgan fingerprint density at radius 2 is 1.48 bits per heavy atom. The van der Waals surface area contributed by atoms with Gasteiger partial charge in [-0.3, -0.25) is 4.79 Å². The zero-order chi connectivity index (χ0) is 15.5. The third-order valence-corrected chi connectivity index (χ3v) is 3.54. The minimum atomic E-state index is 0.0380. The molecule has 1 nitrogen and oxygen atoms in total. The van der Waals surface area contributed by atoms with Gasteiger partial charge >= 0.3 is 0 Å². The molecule has 0 aromatic heterocycles. The molecule has 0 aliphatic heterocycles. The van der Waals surface area contributed by atoms with Crippen LogP contribution in [-0.4, -0.2) is 5.78 Å². The molecule has 2 aromatic carbocycles. The second kappa shape index (κ2) is 6.09. The van der Waals surface area contributed by atoms with Gasteiger partial charge in [-0.1, -0.05) is 80.9 Å². The van der Waals surface area contributed by atoms with E-state index >= 15 is 0 Å². The summed E-state index contributed by atoms with van der Waals surface area (Å²) in [6.45, 7) is 8.55. The second-order valence-electron chi connectivity index (χ2n) is 6.44. The van der Waals surface area contributed by atoms with Crippen molar-refractivity contribution in [1.29, 1.82) is 0 Å². The maximum atomic E-state index is 12.2. The predicted octanol–water partition coefficient (Wildman–Crippen LogP) is 5.19. The van der Waals surface area contributed by atoms with Gasteiger partial charge in [-0.05, 0) is 29.5 Å². The summed E-state index contributed by atoms with van der Waals surface area (Å²) >= 11 is 0. The highest BCUT2D eigenvalue weighted by Gasteiger charge is 2.13. The SMILES string of the molecule is Cc1ccc(/C=C/C(=O)c2ccc(C(C)(C)C)cc2)cc1. The molecule has 0 saturated heterocycles. The molecule has 0 N–H and O–H groups in total. The van der Waals surface area contributed by atoms with E-state index in [9.17, 15) is 4.79 Å². The molecule has 0 unspecified atom stereocenters. The molecule has 0 radical (unpaired) electrons. The van der Waals surface area contributed by atoms with Crippen molar-refractivity contribution in [3.05, 3.63) is 76.9 Å². The van der Waals surface area contributed by atoms with Crippen LogP contribution in [0, 0.1) is 6.92 Å². The average Bonchev–Trinajstić information content (AvgIpc) is 2.45. The highest BCUT2D eigenvalue weighted by molar-refractivity contribution is 6.06. The molecule has 0 spiro atoms. The van der Waals surface area contributed by atoms with Crippen LogP contribution in [0.2, 0.25) is 0 Å². The van der Waals surface area contributed by atoms with Gasteiger partial charge in [-0.15, -0.1) is 0 Å². The van der Waals surface area contributed by atoms with E-state index in [1.54, 1.807) is 6.08 Å². The molecule has 2 rings (SSSR count). The van der Waals surface area contributed by atoms with Gasteiger partial charge in [-0.2, -0.15) is 0 Å². The number of rotatable bonds is 3. The zero-order valence-electron chi connectivity index (χ0n) is 13.2. The Kier molecular flexibility index (Phi) is 4.42. The normalized spacial score (nSPS) is 11.8. The van der Waals surface area contributed by atoms with Crippen LogP contribution in [-0.2, 0) is 5.41 Å². The summed E-state index contributed by atoms with van der Waals surface area (Å²) in [7, 11) is 0. The molecular formula is C20H22O. The number of aryl methyl sites for hydroxylation is 1. The van der Waals surface area contributed by atoms with Crippen LogP contribution in [0.15, 0.2) is 54.6 Å². The molecular weight excluding hydrogens is 256 g/mol. The number of allylic oxidation sites excluding steroid dienone is 1. The lowest BCUT2D eigenvalue weighted by Crippen LogP contribution is -2.11. The van der Waals surface area contributed by atoms with Crippen LogP contribution < -0.4 is 0 Å². The largest absolute Gasteiger partial charge is 0.289 e. The minimum Gasteiger partial charge on any atom is -0.289 e. The Balaban J connectivity index is 2.11. The molecule has 0 heterocycles. The van der Waals surface area contributed by atoms with E-state index in [4.69, 9.17) is 0 Å². The molecule has 0 aliphatic carbocycles. The van der Waals surface area contributed by atoms with Crippen molar-refractivity contribution in [2.45, 2.75) is 33.1 Å². The van der Waals surface area contributed by atoms with E-state index in [0.29, 0.717) is 0 Å². The average molecular weight is 278 g/mol. The van der Waals surface area contributed by atoms with Crippen molar-refractivity contribution in [2.24, 2.45) is 0 Å². The molecule has 0 amide bonds. The summed E-state index contributed by atoms with van der Waals surface area (Å²) < 4.78 is 0. The third kappa shape index (κ3) is 4.16. The lowest BCUT2D eigenvalue weighted by molar-refractivity contribution is 0.104. The fraction of sp³-hybridized carbons (Fsp3) is 0.250. The number of ketones is 1. The first-order valence-electron chi connectivity index (χ1n) is 7.26. The third-order valence-electron chi connectivity index (χ3n) is 3.54. The van der Waals surface area contributed by atoms with Crippen molar-refractivity contribution < 1.29 is 4.79 Å². The van der Waals surface area contributed by atoms with Gasteiger partial charge in [0.2, 0.25) is 0 Å². The fourth-order valence-corrected chi connectivity index (χ4v) is 2.08. The van der Waals surface area contributed by atoms with Crippen molar-refractivity contribution in [3.63, 3.8) is 0 Å². The number of hydrogen-bond acceptors (Lipinski definition) is 1. The molecule has 1 heteroatoms. The van der Waals surface area contributed by atoms with Gasteiger partial charge in [0.1, 0.15) is 0 Å². The quantitative estimate of drug-likeness (QED) is 0.558. The summed E-state index contributed by atoms with van der Waals surface area (Å²) in [5.41, 5.74) is 4.34. The number of benzene rings is 2. The van der Waals surface area contributed by atoms with Crippen LogP contribution in [0.5, 0.6) is 0 Å².